The number of likely N-dealkylation sites (N-methyl/N-ethyl adjacent to an activating group) is 1. The zero-order valence-corrected chi connectivity index (χ0v) is 17.4. The van der Waals surface area contributed by atoms with Gasteiger partial charge in [0.25, 0.3) is 0 Å². The van der Waals surface area contributed by atoms with E-state index in [-0.39, 0.29) is 0 Å². The van der Waals surface area contributed by atoms with Gasteiger partial charge in [-0.25, -0.2) is 0 Å². The molecule has 1 aromatic carbocycles. The molecule has 0 bridgehead atoms. The molecular formula is C22H37N5. The van der Waals surface area contributed by atoms with Gasteiger partial charge < -0.3 is 15.1 Å². The summed E-state index contributed by atoms with van der Waals surface area (Å²) >= 11 is 0. The highest BCUT2D eigenvalue weighted by Crippen LogP contribution is 2.26. The number of guanidine groups is 1. The summed E-state index contributed by atoms with van der Waals surface area (Å²) in [5.74, 6) is 1.71. The fourth-order valence-electron chi connectivity index (χ4n) is 4.23. The van der Waals surface area contributed by atoms with Crippen LogP contribution in [0.4, 0.5) is 0 Å². The Morgan fingerprint density at radius 2 is 1.85 bits per heavy atom. The third-order valence-electron chi connectivity index (χ3n) is 6.08. The highest BCUT2D eigenvalue weighted by Gasteiger charge is 2.26. The maximum absolute atomic E-state index is 5.01. The number of nitrogens with zero attached hydrogens (tertiary/aromatic N) is 4. The molecule has 0 spiro atoms. The van der Waals surface area contributed by atoms with Gasteiger partial charge in [0.2, 0.25) is 0 Å². The van der Waals surface area contributed by atoms with Crippen LogP contribution in [-0.2, 0) is 0 Å². The van der Waals surface area contributed by atoms with Gasteiger partial charge in [0.15, 0.2) is 5.96 Å². The number of hydrogen-bond donors (Lipinski definition) is 1. The second-order valence-electron chi connectivity index (χ2n) is 7.86. The molecule has 2 saturated heterocycles. The van der Waals surface area contributed by atoms with E-state index in [4.69, 9.17) is 4.99 Å². The van der Waals surface area contributed by atoms with E-state index >= 15 is 0 Å². The van der Waals surface area contributed by atoms with Crippen molar-refractivity contribution in [1.82, 2.24) is 20.0 Å². The molecule has 0 saturated carbocycles. The quantitative estimate of drug-likeness (QED) is 0.615. The Labute approximate surface area is 165 Å². The van der Waals surface area contributed by atoms with E-state index in [1.807, 2.05) is 0 Å². The lowest BCUT2D eigenvalue weighted by molar-refractivity contribution is 0.109. The monoisotopic (exact) mass is 371 g/mol. The average Bonchev–Trinajstić information content (AvgIpc) is 3.21. The Morgan fingerprint density at radius 1 is 1.11 bits per heavy atom. The molecule has 2 unspecified atom stereocenters. The van der Waals surface area contributed by atoms with Crippen LogP contribution in [0.2, 0.25) is 0 Å². The summed E-state index contributed by atoms with van der Waals surface area (Å²) in [7, 11) is 0. The van der Waals surface area contributed by atoms with Gasteiger partial charge in [-0.3, -0.25) is 9.89 Å². The third kappa shape index (κ3) is 5.45. The number of hydrogen-bond acceptors (Lipinski definition) is 3. The van der Waals surface area contributed by atoms with Crippen LogP contribution in [0.15, 0.2) is 35.3 Å². The van der Waals surface area contributed by atoms with Gasteiger partial charge in [-0.05, 0) is 32.4 Å². The van der Waals surface area contributed by atoms with Crippen LogP contribution in [0.3, 0.4) is 0 Å². The lowest BCUT2D eigenvalue weighted by Gasteiger charge is -2.37. The van der Waals surface area contributed by atoms with Crippen LogP contribution >= 0.6 is 0 Å². The lowest BCUT2D eigenvalue weighted by atomic mass is 9.99. The van der Waals surface area contributed by atoms with Gasteiger partial charge in [0.1, 0.15) is 0 Å². The molecule has 1 N–H and O–H groups in total. The van der Waals surface area contributed by atoms with Crippen molar-refractivity contribution in [3.05, 3.63) is 35.9 Å². The first-order valence-electron chi connectivity index (χ1n) is 10.8. The summed E-state index contributed by atoms with van der Waals surface area (Å²) in [5, 5.41) is 3.52. The molecule has 0 aromatic heterocycles. The maximum atomic E-state index is 5.01. The summed E-state index contributed by atoms with van der Waals surface area (Å²) in [6.07, 6.45) is 1.21. The Balaban J connectivity index is 1.55. The van der Waals surface area contributed by atoms with Gasteiger partial charge in [0, 0.05) is 57.8 Å². The predicted octanol–water partition coefficient (Wildman–Crippen LogP) is 2.47. The van der Waals surface area contributed by atoms with Crippen molar-refractivity contribution in [2.75, 3.05) is 58.9 Å². The first kappa shape index (κ1) is 20.2. The SMILES string of the molecule is CCNC(=NCC(C)N1CCN(CC)CC1)N1CCC(c2ccccc2)C1. The Kier molecular flexibility index (Phi) is 7.53. The highest BCUT2D eigenvalue weighted by molar-refractivity contribution is 5.80. The normalized spacial score (nSPS) is 23.6. The molecule has 1 aromatic rings. The van der Waals surface area contributed by atoms with Crippen molar-refractivity contribution in [2.45, 2.75) is 39.2 Å². The molecule has 0 aliphatic carbocycles. The zero-order valence-electron chi connectivity index (χ0n) is 17.4. The number of piperazine rings is 1. The van der Waals surface area contributed by atoms with E-state index in [1.165, 1.54) is 44.7 Å². The molecule has 2 atom stereocenters. The Hall–Kier alpha value is -1.59. The van der Waals surface area contributed by atoms with Crippen LogP contribution in [0.5, 0.6) is 0 Å². The number of aliphatic imine (C=N–C) groups is 1. The number of benzene rings is 1. The van der Waals surface area contributed by atoms with Crippen molar-refractivity contribution in [3.63, 3.8) is 0 Å². The van der Waals surface area contributed by atoms with Crippen LogP contribution < -0.4 is 5.32 Å². The molecule has 2 heterocycles. The number of likely N-dealkylation sites (tertiary alicyclic amines) is 1. The van der Waals surface area contributed by atoms with Crippen molar-refractivity contribution in [2.24, 2.45) is 4.99 Å². The largest absolute Gasteiger partial charge is 0.357 e. The summed E-state index contributed by atoms with van der Waals surface area (Å²) < 4.78 is 0. The molecule has 0 amide bonds. The molecule has 2 aliphatic heterocycles. The number of rotatable bonds is 6. The summed E-state index contributed by atoms with van der Waals surface area (Å²) in [4.78, 5) is 12.6. The van der Waals surface area contributed by atoms with E-state index in [1.54, 1.807) is 0 Å². The molecule has 5 nitrogen and oxygen atoms in total. The fourth-order valence-corrected chi connectivity index (χ4v) is 4.23. The minimum Gasteiger partial charge on any atom is -0.357 e. The molecule has 2 aliphatic rings. The second kappa shape index (κ2) is 10.1. The van der Waals surface area contributed by atoms with Crippen LogP contribution in [0.25, 0.3) is 0 Å². The van der Waals surface area contributed by atoms with Crippen LogP contribution in [0.1, 0.15) is 38.7 Å². The summed E-state index contributed by atoms with van der Waals surface area (Å²) in [6.45, 7) is 16.6. The van der Waals surface area contributed by atoms with E-state index in [0.29, 0.717) is 12.0 Å². The number of nitrogens with one attached hydrogen (secondary N) is 1. The van der Waals surface area contributed by atoms with Crippen LogP contribution in [0, 0.1) is 0 Å². The van der Waals surface area contributed by atoms with Gasteiger partial charge in [-0.15, -0.1) is 0 Å². The highest BCUT2D eigenvalue weighted by atomic mass is 15.3. The molecule has 3 rings (SSSR count). The Morgan fingerprint density at radius 3 is 2.52 bits per heavy atom. The minimum absolute atomic E-state index is 0.505. The lowest BCUT2D eigenvalue weighted by Crippen LogP contribution is -2.50. The van der Waals surface area contributed by atoms with Crippen molar-refractivity contribution in [1.29, 1.82) is 0 Å². The molecule has 27 heavy (non-hydrogen) atoms. The van der Waals surface area contributed by atoms with Gasteiger partial charge >= 0.3 is 0 Å². The van der Waals surface area contributed by atoms with Crippen LogP contribution in [-0.4, -0.2) is 85.6 Å². The van der Waals surface area contributed by atoms with E-state index < -0.39 is 0 Å². The smallest absolute Gasteiger partial charge is 0.193 e. The fraction of sp³-hybridized carbons (Fsp3) is 0.682. The molecule has 150 valence electrons. The van der Waals surface area contributed by atoms with Gasteiger partial charge in [0.05, 0.1) is 6.54 Å². The van der Waals surface area contributed by atoms with Crippen molar-refractivity contribution < 1.29 is 0 Å². The van der Waals surface area contributed by atoms with E-state index in [0.717, 1.165) is 32.1 Å². The molecule has 2 fully saturated rings. The topological polar surface area (TPSA) is 34.1 Å². The third-order valence-corrected chi connectivity index (χ3v) is 6.08. The first-order chi connectivity index (χ1) is 13.2. The zero-order chi connectivity index (χ0) is 19.1. The first-order valence-corrected chi connectivity index (χ1v) is 10.8. The van der Waals surface area contributed by atoms with Crippen molar-refractivity contribution in [3.8, 4) is 0 Å². The molecule has 5 heteroatoms. The second-order valence-corrected chi connectivity index (χ2v) is 7.86. The van der Waals surface area contributed by atoms with Gasteiger partial charge in [-0.2, -0.15) is 0 Å². The predicted molar refractivity (Wildman–Crippen MR) is 115 cm³/mol. The van der Waals surface area contributed by atoms with Gasteiger partial charge in [-0.1, -0.05) is 37.3 Å². The molecule has 0 radical (unpaired) electrons. The standard InChI is InChI=1S/C22H37N5/c1-4-23-22(24-17-19(3)26-15-13-25(5-2)14-16-26)27-12-11-21(18-27)20-9-7-6-8-10-20/h6-10,19,21H,4-5,11-18H2,1-3H3,(H,23,24). The maximum Gasteiger partial charge on any atom is 0.193 e. The van der Waals surface area contributed by atoms with E-state index in [2.05, 4.69) is 71.1 Å². The average molecular weight is 372 g/mol. The minimum atomic E-state index is 0.505. The molecular weight excluding hydrogens is 334 g/mol. The summed E-state index contributed by atoms with van der Waals surface area (Å²) in [5.41, 5.74) is 1.46. The Bertz CT molecular complexity index is 580. The van der Waals surface area contributed by atoms with E-state index in [9.17, 15) is 0 Å². The van der Waals surface area contributed by atoms with Crippen molar-refractivity contribution >= 4 is 5.96 Å². The summed E-state index contributed by atoms with van der Waals surface area (Å²) in [6, 6.07) is 11.4.